The molecule has 0 fully saturated rings. The summed E-state index contributed by atoms with van der Waals surface area (Å²) in [5, 5.41) is 2.37. The van der Waals surface area contributed by atoms with Gasteiger partial charge in [-0.15, -0.1) is 0 Å². The van der Waals surface area contributed by atoms with Gasteiger partial charge >= 0.3 is 6.03 Å². The van der Waals surface area contributed by atoms with Gasteiger partial charge in [0, 0.05) is 6.54 Å². The van der Waals surface area contributed by atoms with Crippen LogP contribution in [0.2, 0.25) is 0 Å². The Balaban J connectivity index is 2.28. The third kappa shape index (κ3) is 4.61. The topological polar surface area (TPSA) is 90.0 Å². The molecule has 7 heteroatoms. The number of amides is 3. The highest BCUT2D eigenvalue weighted by Gasteiger charge is 2.20. The molecule has 1 aromatic carbocycles. The summed E-state index contributed by atoms with van der Waals surface area (Å²) < 4.78 is 2.11. The van der Waals surface area contributed by atoms with E-state index in [-0.39, 0.29) is 0 Å². The highest BCUT2D eigenvalue weighted by molar-refractivity contribution is 8.00. The van der Waals surface area contributed by atoms with Crippen molar-refractivity contribution in [2.45, 2.75) is 37.7 Å². The second kappa shape index (κ2) is 8.01. The minimum absolute atomic E-state index is 0.423. The third-order valence-corrected chi connectivity index (χ3v) is 4.44. The van der Waals surface area contributed by atoms with E-state index >= 15 is 0 Å². The van der Waals surface area contributed by atoms with Gasteiger partial charge in [-0.25, -0.2) is 9.78 Å². The number of thioether (sulfide) groups is 1. The predicted octanol–water partition coefficient (Wildman–Crippen LogP) is 2.88. The molecular formula is C17H22N4O2S. The average Bonchev–Trinajstić information content (AvgIpc) is 2.89. The number of carbonyl (C=O) groups is 2. The van der Waals surface area contributed by atoms with Crippen molar-refractivity contribution in [2.75, 3.05) is 0 Å². The number of imide groups is 1. The maximum Gasteiger partial charge on any atom is 0.318 e. The number of imidazole rings is 1. The number of carbonyl (C=O) groups excluding carboxylic acids is 2. The Morgan fingerprint density at radius 2 is 1.92 bits per heavy atom. The molecule has 2 aromatic rings. The number of urea groups is 1. The van der Waals surface area contributed by atoms with Crippen LogP contribution in [0.3, 0.4) is 0 Å². The molecule has 1 aromatic heterocycles. The van der Waals surface area contributed by atoms with E-state index in [9.17, 15) is 9.59 Å². The van der Waals surface area contributed by atoms with Crippen LogP contribution in [0.25, 0.3) is 11.3 Å². The lowest BCUT2D eigenvalue weighted by atomic mass is 10.1. The lowest BCUT2D eigenvalue weighted by Crippen LogP contribution is -2.39. The molecule has 24 heavy (non-hydrogen) atoms. The fourth-order valence-corrected chi connectivity index (χ4v) is 3.16. The van der Waals surface area contributed by atoms with Crippen LogP contribution in [0.5, 0.6) is 0 Å². The Labute approximate surface area is 145 Å². The lowest BCUT2D eigenvalue weighted by Gasteiger charge is -2.16. The first kappa shape index (κ1) is 18.1. The van der Waals surface area contributed by atoms with E-state index in [0.29, 0.717) is 5.92 Å². The van der Waals surface area contributed by atoms with E-state index in [1.807, 2.05) is 36.5 Å². The number of nitrogens with two attached hydrogens (primary N) is 1. The van der Waals surface area contributed by atoms with Gasteiger partial charge in [-0.1, -0.05) is 55.9 Å². The molecule has 0 aliphatic rings. The first-order valence-electron chi connectivity index (χ1n) is 7.76. The van der Waals surface area contributed by atoms with Crippen LogP contribution < -0.4 is 11.1 Å². The summed E-state index contributed by atoms with van der Waals surface area (Å²) in [7, 11) is 0. The second-order valence-electron chi connectivity index (χ2n) is 5.91. The van der Waals surface area contributed by atoms with Crippen molar-refractivity contribution >= 4 is 23.7 Å². The number of nitrogens with one attached hydrogen (secondary N) is 1. The van der Waals surface area contributed by atoms with E-state index in [1.165, 1.54) is 11.8 Å². The third-order valence-electron chi connectivity index (χ3n) is 3.33. The highest BCUT2D eigenvalue weighted by Crippen LogP contribution is 2.29. The van der Waals surface area contributed by atoms with Crippen LogP contribution >= 0.6 is 11.8 Å². The number of hydrogen-bond acceptors (Lipinski definition) is 4. The molecule has 0 unspecified atom stereocenters. The standard InChI is InChI=1S/C17H22N4O2S/c1-11(2)10-21-14(13-7-5-4-6-8-13)9-19-17(21)24-12(3)15(22)20-16(18)23/h4-9,11-12H,10H2,1-3H3,(H3,18,20,22,23)/t12-/m1/s1. The number of hydrogen-bond donors (Lipinski definition) is 2. The molecule has 0 aliphatic carbocycles. The quantitative estimate of drug-likeness (QED) is 0.787. The molecule has 1 heterocycles. The largest absolute Gasteiger partial charge is 0.351 e. The highest BCUT2D eigenvalue weighted by atomic mass is 32.2. The molecule has 1 atom stereocenters. The fraction of sp³-hybridized carbons (Fsp3) is 0.353. The number of rotatable bonds is 6. The van der Waals surface area contributed by atoms with Gasteiger partial charge in [-0.05, 0) is 18.4 Å². The maximum absolute atomic E-state index is 11.9. The molecule has 6 nitrogen and oxygen atoms in total. The SMILES string of the molecule is CC(C)Cn1c(-c2ccccc2)cnc1S[C@H](C)C(=O)NC(N)=O. The first-order chi connectivity index (χ1) is 11.4. The van der Waals surface area contributed by atoms with Gasteiger partial charge in [0.2, 0.25) is 5.91 Å². The van der Waals surface area contributed by atoms with E-state index < -0.39 is 17.2 Å². The molecular weight excluding hydrogens is 324 g/mol. The summed E-state index contributed by atoms with van der Waals surface area (Å²) in [5.74, 6) is 0.00335. The van der Waals surface area contributed by atoms with E-state index in [2.05, 4.69) is 28.7 Å². The molecule has 0 saturated heterocycles. The summed E-state index contributed by atoms with van der Waals surface area (Å²) in [5.41, 5.74) is 7.08. The maximum atomic E-state index is 11.9. The molecule has 0 aliphatic heterocycles. The second-order valence-corrected chi connectivity index (χ2v) is 7.22. The zero-order valence-corrected chi connectivity index (χ0v) is 14.8. The van der Waals surface area contributed by atoms with Crippen molar-refractivity contribution in [3.63, 3.8) is 0 Å². The number of nitrogens with zero attached hydrogens (tertiary/aromatic N) is 2. The average molecular weight is 346 g/mol. The number of aromatic nitrogens is 2. The predicted molar refractivity (Wildman–Crippen MR) is 95.5 cm³/mol. The first-order valence-corrected chi connectivity index (χ1v) is 8.64. The van der Waals surface area contributed by atoms with E-state index in [4.69, 9.17) is 5.73 Å². The Morgan fingerprint density at radius 3 is 2.50 bits per heavy atom. The van der Waals surface area contributed by atoms with Crippen molar-refractivity contribution in [1.29, 1.82) is 0 Å². The minimum atomic E-state index is -0.844. The summed E-state index contributed by atoms with van der Waals surface area (Å²) in [6.07, 6.45) is 1.82. The minimum Gasteiger partial charge on any atom is -0.351 e. The van der Waals surface area contributed by atoms with Crippen molar-refractivity contribution in [2.24, 2.45) is 11.7 Å². The Kier molecular flexibility index (Phi) is 6.03. The van der Waals surface area contributed by atoms with Crippen LogP contribution in [0.1, 0.15) is 20.8 Å². The zero-order chi connectivity index (χ0) is 17.7. The van der Waals surface area contributed by atoms with Gasteiger partial charge in [-0.2, -0.15) is 0 Å². The molecule has 0 spiro atoms. The molecule has 3 amide bonds. The van der Waals surface area contributed by atoms with E-state index in [0.717, 1.165) is 23.0 Å². The fourth-order valence-electron chi connectivity index (χ4n) is 2.27. The molecule has 0 saturated carbocycles. The van der Waals surface area contributed by atoms with Crippen LogP contribution in [0, 0.1) is 5.92 Å². The Bertz CT molecular complexity index is 713. The van der Waals surface area contributed by atoms with Crippen LogP contribution in [0.15, 0.2) is 41.7 Å². The molecule has 128 valence electrons. The monoisotopic (exact) mass is 346 g/mol. The van der Waals surface area contributed by atoms with Gasteiger partial charge in [0.05, 0.1) is 17.1 Å². The van der Waals surface area contributed by atoms with Crippen molar-refractivity contribution < 1.29 is 9.59 Å². The van der Waals surface area contributed by atoms with Crippen molar-refractivity contribution in [3.05, 3.63) is 36.5 Å². The zero-order valence-electron chi connectivity index (χ0n) is 14.0. The van der Waals surface area contributed by atoms with Gasteiger partial charge in [0.25, 0.3) is 0 Å². The van der Waals surface area contributed by atoms with Crippen LogP contribution in [-0.4, -0.2) is 26.7 Å². The molecule has 2 rings (SSSR count). The smallest absolute Gasteiger partial charge is 0.318 e. The Morgan fingerprint density at radius 1 is 1.25 bits per heavy atom. The normalized spacial score (nSPS) is 12.2. The summed E-state index contributed by atoms with van der Waals surface area (Å²) in [6.45, 7) is 6.77. The lowest BCUT2D eigenvalue weighted by molar-refractivity contribution is -0.119. The molecule has 0 radical (unpaired) electrons. The number of primary amides is 1. The van der Waals surface area contributed by atoms with E-state index in [1.54, 1.807) is 6.92 Å². The summed E-state index contributed by atoms with van der Waals surface area (Å²) in [4.78, 5) is 27.2. The van der Waals surface area contributed by atoms with Crippen molar-refractivity contribution in [1.82, 2.24) is 14.9 Å². The molecule has 3 N–H and O–H groups in total. The summed E-state index contributed by atoms with van der Waals surface area (Å²) >= 11 is 1.31. The van der Waals surface area contributed by atoms with Gasteiger partial charge in [0.1, 0.15) is 0 Å². The van der Waals surface area contributed by atoms with Gasteiger partial charge < -0.3 is 10.3 Å². The van der Waals surface area contributed by atoms with Gasteiger partial charge in [-0.3, -0.25) is 10.1 Å². The van der Waals surface area contributed by atoms with Crippen molar-refractivity contribution in [3.8, 4) is 11.3 Å². The van der Waals surface area contributed by atoms with Crippen LogP contribution in [-0.2, 0) is 11.3 Å². The van der Waals surface area contributed by atoms with Crippen LogP contribution in [0.4, 0.5) is 4.79 Å². The van der Waals surface area contributed by atoms with Gasteiger partial charge in [0.15, 0.2) is 5.16 Å². The molecule has 0 bridgehead atoms. The summed E-state index contributed by atoms with van der Waals surface area (Å²) in [6, 6.07) is 9.16. The number of benzene rings is 1. The Hall–Kier alpha value is -2.28.